The summed E-state index contributed by atoms with van der Waals surface area (Å²) in [6.07, 6.45) is -4.38. The quantitative estimate of drug-likeness (QED) is 0.554. The van der Waals surface area contributed by atoms with Crippen molar-refractivity contribution in [2.45, 2.75) is 13.1 Å². The number of carbonyl (C=O) groups excluding carboxylic acids is 1. The molecule has 2 rings (SSSR count). The summed E-state index contributed by atoms with van der Waals surface area (Å²) in [4.78, 5) is 11.1. The van der Waals surface area contributed by atoms with Crippen molar-refractivity contribution in [1.29, 1.82) is 0 Å². The minimum atomic E-state index is -4.38. The van der Waals surface area contributed by atoms with Gasteiger partial charge in [-0.3, -0.25) is 4.79 Å². The Bertz CT molecular complexity index is 664. The molecule has 21 heavy (non-hydrogen) atoms. The molecule has 2 aromatic carbocycles. The standard InChI is InChI=1S/C15H10BrF3O2/c1-9(20)21-14-7-6-12(16)8-13(14)10-2-4-11(5-3-10)15(17,18)19/h2-8H,1H3. The average Bonchev–Trinajstić information content (AvgIpc) is 2.39. The molecule has 0 amide bonds. The van der Waals surface area contributed by atoms with Gasteiger partial charge in [-0.15, -0.1) is 0 Å². The van der Waals surface area contributed by atoms with E-state index in [0.717, 1.165) is 16.6 Å². The molecule has 0 saturated carbocycles. The Morgan fingerprint density at radius 2 is 1.71 bits per heavy atom. The van der Waals surface area contributed by atoms with Crippen LogP contribution in [0.2, 0.25) is 0 Å². The molecule has 6 heteroatoms. The Morgan fingerprint density at radius 3 is 2.24 bits per heavy atom. The molecule has 2 aromatic rings. The molecule has 0 bridgehead atoms. The second kappa shape index (κ2) is 5.89. The van der Waals surface area contributed by atoms with Crippen molar-refractivity contribution >= 4 is 21.9 Å². The maximum absolute atomic E-state index is 12.6. The van der Waals surface area contributed by atoms with Gasteiger partial charge in [0.15, 0.2) is 0 Å². The van der Waals surface area contributed by atoms with E-state index < -0.39 is 17.7 Å². The number of carbonyl (C=O) groups is 1. The maximum atomic E-state index is 12.6. The van der Waals surface area contributed by atoms with Gasteiger partial charge in [-0.2, -0.15) is 13.2 Å². The third-order valence-electron chi connectivity index (χ3n) is 2.72. The first-order valence-corrected chi connectivity index (χ1v) is 6.72. The third kappa shape index (κ3) is 3.85. The van der Waals surface area contributed by atoms with E-state index in [1.54, 1.807) is 18.2 Å². The van der Waals surface area contributed by atoms with Crippen molar-refractivity contribution in [2.24, 2.45) is 0 Å². The van der Waals surface area contributed by atoms with Crippen molar-refractivity contribution in [1.82, 2.24) is 0 Å². The van der Waals surface area contributed by atoms with E-state index in [0.29, 0.717) is 16.9 Å². The van der Waals surface area contributed by atoms with Gasteiger partial charge in [-0.05, 0) is 35.9 Å². The van der Waals surface area contributed by atoms with Crippen LogP contribution in [0.3, 0.4) is 0 Å². The van der Waals surface area contributed by atoms with Gasteiger partial charge in [0.2, 0.25) is 0 Å². The number of halogens is 4. The fourth-order valence-corrected chi connectivity index (χ4v) is 2.17. The smallest absolute Gasteiger partial charge is 0.416 e. The van der Waals surface area contributed by atoms with Crippen LogP contribution in [0.25, 0.3) is 11.1 Å². The van der Waals surface area contributed by atoms with Gasteiger partial charge in [-0.25, -0.2) is 0 Å². The molecule has 0 aliphatic heterocycles. The van der Waals surface area contributed by atoms with Crippen molar-refractivity contribution in [3.63, 3.8) is 0 Å². The van der Waals surface area contributed by atoms with Crippen molar-refractivity contribution in [3.8, 4) is 16.9 Å². The molecule has 2 nitrogen and oxygen atoms in total. The lowest BCUT2D eigenvalue weighted by molar-refractivity contribution is -0.137. The normalized spacial score (nSPS) is 11.3. The summed E-state index contributed by atoms with van der Waals surface area (Å²) >= 11 is 3.29. The molecule has 0 aliphatic rings. The van der Waals surface area contributed by atoms with Crippen LogP contribution >= 0.6 is 15.9 Å². The van der Waals surface area contributed by atoms with Crippen LogP contribution in [0.1, 0.15) is 12.5 Å². The Morgan fingerprint density at radius 1 is 1.10 bits per heavy atom. The first-order chi connectivity index (χ1) is 9.77. The largest absolute Gasteiger partial charge is 0.426 e. The molecule has 0 fully saturated rings. The van der Waals surface area contributed by atoms with Crippen LogP contribution in [-0.4, -0.2) is 5.97 Å². The second-order valence-corrected chi connectivity index (χ2v) is 5.22. The van der Waals surface area contributed by atoms with Crippen LogP contribution in [0.15, 0.2) is 46.9 Å². The zero-order valence-corrected chi connectivity index (χ0v) is 12.5. The highest BCUT2D eigenvalue weighted by Crippen LogP contribution is 2.35. The minimum absolute atomic E-state index is 0.297. The van der Waals surface area contributed by atoms with Crippen LogP contribution < -0.4 is 4.74 Å². The molecule has 0 unspecified atom stereocenters. The van der Waals surface area contributed by atoms with E-state index in [1.165, 1.54) is 19.1 Å². The second-order valence-electron chi connectivity index (χ2n) is 4.31. The molecular formula is C15H10BrF3O2. The molecule has 110 valence electrons. The lowest BCUT2D eigenvalue weighted by atomic mass is 10.0. The number of esters is 1. The van der Waals surface area contributed by atoms with Gasteiger partial charge in [0.1, 0.15) is 5.75 Å². The first kappa shape index (κ1) is 15.6. The lowest BCUT2D eigenvalue weighted by Crippen LogP contribution is -2.04. The summed E-state index contributed by atoms with van der Waals surface area (Å²) in [6.45, 7) is 1.26. The van der Waals surface area contributed by atoms with Gasteiger partial charge < -0.3 is 4.74 Å². The Hall–Kier alpha value is -1.82. The van der Waals surface area contributed by atoms with Crippen LogP contribution in [-0.2, 0) is 11.0 Å². The summed E-state index contributed by atoms with van der Waals surface area (Å²) < 4.78 is 43.5. The SMILES string of the molecule is CC(=O)Oc1ccc(Br)cc1-c1ccc(C(F)(F)F)cc1. The summed E-state index contributed by atoms with van der Waals surface area (Å²) in [7, 11) is 0. The van der Waals surface area contributed by atoms with Crippen molar-refractivity contribution in [2.75, 3.05) is 0 Å². The maximum Gasteiger partial charge on any atom is 0.416 e. The molecule has 0 N–H and O–H groups in total. The first-order valence-electron chi connectivity index (χ1n) is 5.93. The topological polar surface area (TPSA) is 26.3 Å². The van der Waals surface area contributed by atoms with Crippen LogP contribution in [0.5, 0.6) is 5.75 Å². The molecule has 0 aromatic heterocycles. The lowest BCUT2D eigenvalue weighted by Gasteiger charge is -2.11. The Kier molecular flexibility index (Phi) is 4.37. The van der Waals surface area contributed by atoms with E-state index in [4.69, 9.17) is 4.74 Å². The van der Waals surface area contributed by atoms with E-state index in [-0.39, 0.29) is 0 Å². The highest BCUT2D eigenvalue weighted by molar-refractivity contribution is 9.10. The number of alkyl halides is 3. The minimum Gasteiger partial charge on any atom is -0.426 e. The van der Waals surface area contributed by atoms with E-state index in [9.17, 15) is 18.0 Å². The van der Waals surface area contributed by atoms with E-state index in [1.807, 2.05) is 0 Å². The molecule has 0 heterocycles. The fourth-order valence-electron chi connectivity index (χ4n) is 1.81. The number of benzene rings is 2. The number of ether oxygens (including phenoxy) is 1. The summed E-state index contributed by atoms with van der Waals surface area (Å²) in [5.74, 6) is -0.198. The summed E-state index contributed by atoms with van der Waals surface area (Å²) in [5, 5.41) is 0. The predicted molar refractivity (Wildman–Crippen MR) is 75.9 cm³/mol. The number of rotatable bonds is 2. The number of hydrogen-bond acceptors (Lipinski definition) is 2. The van der Waals surface area contributed by atoms with Crippen LogP contribution in [0, 0.1) is 0 Å². The van der Waals surface area contributed by atoms with Crippen LogP contribution in [0.4, 0.5) is 13.2 Å². The fraction of sp³-hybridized carbons (Fsp3) is 0.133. The monoisotopic (exact) mass is 358 g/mol. The third-order valence-corrected chi connectivity index (χ3v) is 3.21. The summed E-state index contributed by atoms with van der Waals surface area (Å²) in [5.41, 5.74) is 0.337. The zero-order chi connectivity index (χ0) is 15.6. The molecule has 0 atom stereocenters. The molecule has 0 radical (unpaired) electrons. The molecule has 0 saturated heterocycles. The van der Waals surface area contributed by atoms with Crippen molar-refractivity contribution < 1.29 is 22.7 Å². The predicted octanol–water partition coefficient (Wildman–Crippen LogP) is 5.06. The highest BCUT2D eigenvalue weighted by Gasteiger charge is 2.30. The number of hydrogen-bond donors (Lipinski definition) is 0. The Labute approximate surface area is 127 Å². The molecule has 0 spiro atoms. The zero-order valence-electron chi connectivity index (χ0n) is 10.9. The van der Waals surface area contributed by atoms with Gasteiger partial charge >= 0.3 is 12.1 Å². The van der Waals surface area contributed by atoms with E-state index in [2.05, 4.69) is 15.9 Å². The average molecular weight is 359 g/mol. The van der Waals surface area contributed by atoms with Gasteiger partial charge in [0.25, 0.3) is 0 Å². The van der Waals surface area contributed by atoms with Gasteiger partial charge in [0.05, 0.1) is 5.56 Å². The summed E-state index contributed by atoms with van der Waals surface area (Å²) in [6, 6.07) is 9.63. The molecular weight excluding hydrogens is 349 g/mol. The molecule has 0 aliphatic carbocycles. The highest BCUT2D eigenvalue weighted by atomic mass is 79.9. The van der Waals surface area contributed by atoms with Gasteiger partial charge in [-0.1, -0.05) is 28.1 Å². The Balaban J connectivity index is 2.45. The van der Waals surface area contributed by atoms with E-state index >= 15 is 0 Å². The van der Waals surface area contributed by atoms with Crippen molar-refractivity contribution in [3.05, 3.63) is 52.5 Å². The van der Waals surface area contributed by atoms with Gasteiger partial charge in [0, 0.05) is 17.0 Å².